The minimum atomic E-state index is 0. The predicted molar refractivity (Wildman–Crippen MR) is 67.9 cm³/mol. The molecule has 0 atom stereocenters. The summed E-state index contributed by atoms with van der Waals surface area (Å²) >= 11 is 1.30. The van der Waals surface area contributed by atoms with Gasteiger partial charge in [0.15, 0.2) is 0 Å². The molecule has 0 N–H and O–H groups in total. The van der Waals surface area contributed by atoms with Gasteiger partial charge in [0.25, 0.3) is 0 Å². The van der Waals surface area contributed by atoms with Gasteiger partial charge < -0.3 is 1.43 Å². The molecule has 0 fully saturated rings. The van der Waals surface area contributed by atoms with Crippen LogP contribution in [0.2, 0.25) is 0 Å². The molecule has 0 spiro atoms. The summed E-state index contributed by atoms with van der Waals surface area (Å²) in [6.07, 6.45) is 16.2. The topological polar surface area (TPSA) is 0 Å². The fourth-order valence-electron chi connectivity index (χ4n) is 0.960. The van der Waals surface area contributed by atoms with Crippen molar-refractivity contribution in [2.75, 3.05) is 0 Å². The molecule has 0 saturated carbocycles. The minimum Gasteiger partial charge on any atom is -1.00 e. The Morgan fingerprint density at radius 2 is 2.00 bits per heavy atom. The van der Waals surface area contributed by atoms with Crippen LogP contribution >= 0.6 is 12.4 Å². The first kappa shape index (κ1) is 17.4. The Hall–Kier alpha value is 0.00312. The Kier molecular flexibility index (Phi) is 14.0. The SMILES string of the molecule is CC1=C(C)C[C-]=C1.Cl.[C-]1=CC=CC1.[CH2]=[Zr+2].[H-]. The number of halogens is 1. The zero-order valence-electron chi connectivity index (χ0n) is 10.3. The molecule has 0 aromatic rings. The van der Waals surface area contributed by atoms with Crippen LogP contribution in [0.4, 0.5) is 0 Å². The van der Waals surface area contributed by atoms with Gasteiger partial charge in [-0.05, 0) is 0 Å². The van der Waals surface area contributed by atoms with Crippen LogP contribution in [-0.2, 0) is 24.2 Å². The zero-order chi connectivity index (χ0) is 10.8. The van der Waals surface area contributed by atoms with Gasteiger partial charge in [0.05, 0.1) is 0 Å². The van der Waals surface area contributed by atoms with Crippen LogP contribution < -0.4 is 0 Å². The van der Waals surface area contributed by atoms with Gasteiger partial charge in [0.2, 0.25) is 0 Å². The van der Waals surface area contributed by atoms with Crippen molar-refractivity contribution >= 4 is 16.6 Å². The Bertz CT molecular complexity index is 268. The fourth-order valence-corrected chi connectivity index (χ4v) is 0.960. The van der Waals surface area contributed by atoms with Crippen LogP contribution in [0.25, 0.3) is 0 Å². The van der Waals surface area contributed by atoms with Crippen molar-refractivity contribution in [1.29, 1.82) is 0 Å². The first-order chi connectivity index (χ1) is 6.80. The third-order valence-electron chi connectivity index (χ3n) is 1.94. The molecular formula is C13H18ClZr-. The van der Waals surface area contributed by atoms with E-state index in [0.717, 1.165) is 12.8 Å². The summed E-state index contributed by atoms with van der Waals surface area (Å²) in [5, 5.41) is 0. The summed E-state index contributed by atoms with van der Waals surface area (Å²) < 4.78 is 3.34. The first-order valence-corrected chi connectivity index (χ1v) is 6.34. The minimum absolute atomic E-state index is 0. The van der Waals surface area contributed by atoms with Crippen LogP contribution in [0.3, 0.4) is 0 Å². The van der Waals surface area contributed by atoms with Crippen molar-refractivity contribution in [2.45, 2.75) is 26.7 Å². The molecule has 0 nitrogen and oxygen atoms in total. The number of allylic oxidation sites excluding steroid dienone is 8. The summed E-state index contributed by atoms with van der Waals surface area (Å²) in [7, 11) is 0. The van der Waals surface area contributed by atoms with Crippen molar-refractivity contribution < 1.29 is 25.7 Å². The third kappa shape index (κ3) is 8.96. The maximum absolute atomic E-state index is 3.34. The zero-order valence-corrected chi connectivity index (χ0v) is 12.6. The van der Waals surface area contributed by atoms with E-state index in [9.17, 15) is 0 Å². The second-order valence-corrected chi connectivity index (χ2v) is 2.99. The Morgan fingerprint density at radius 1 is 1.33 bits per heavy atom. The molecule has 82 valence electrons. The van der Waals surface area contributed by atoms with E-state index >= 15 is 0 Å². The predicted octanol–water partition coefficient (Wildman–Crippen LogP) is 3.89. The molecule has 2 heteroatoms. The van der Waals surface area contributed by atoms with Crippen molar-refractivity contribution in [2.24, 2.45) is 0 Å². The molecule has 2 rings (SSSR count). The number of hydrogen-bond donors (Lipinski definition) is 0. The van der Waals surface area contributed by atoms with Crippen LogP contribution in [0.15, 0.2) is 35.5 Å². The molecule has 0 radical (unpaired) electrons. The van der Waals surface area contributed by atoms with E-state index in [1.807, 2.05) is 12.2 Å². The fraction of sp³-hybridized carbons (Fsp3) is 0.308. The van der Waals surface area contributed by atoms with Crippen LogP contribution in [0.1, 0.15) is 28.1 Å². The van der Waals surface area contributed by atoms with Crippen molar-refractivity contribution in [3.63, 3.8) is 0 Å². The van der Waals surface area contributed by atoms with Gasteiger partial charge >= 0.3 is 28.4 Å². The van der Waals surface area contributed by atoms with E-state index in [1.165, 1.54) is 35.4 Å². The second kappa shape index (κ2) is 12.1. The first-order valence-electron chi connectivity index (χ1n) is 4.61. The average molecular weight is 301 g/mol. The van der Waals surface area contributed by atoms with Crippen molar-refractivity contribution in [1.82, 2.24) is 0 Å². The molecular weight excluding hydrogens is 283 g/mol. The van der Waals surface area contributed by atoms with Crippen molar-refractivity contribution in [3.8, 4) is 0 Å². The smallest absolute Gasteiger partial charge is 1.00 e. The molecule has 0 aromatic heterocycles. The van der Waals surface area contributed by atoms with Crippen LogP contribution in [0.5, 0.6) is 0 Å². The monoisotopic (exact) mass is 299 g/mol. The van der Waals surface area contributed by atoms with Gasteiger partial charge in [-0.3, -0.25) is 12.2 Å². The largest absolute Gasteiger partial charge is 1.00 e. The van der Waals surface area contributed by atoms with Gasteiger partial charge in [-0.15, -0.1) is 32.2 Å². The van der Waals surface area contributed by atoms with Gasteiger partial charge in [-0.2, -0.15) is 11.6 Å². The molecule has 0 bridgehead atoms. The maximum Gasteiger partial charge on any atom is -1.00 e. The standard InChI is InChI=1S/C7H9.C5H5.CH2.ClH.Zr.H/c1-6-4-3-5-7(6)2;1-2-4-5-3-1;;;;/h4H,5H2,1-2H3;1-3H,4H2;1H2;1H;;/q2*-1;;;+2;-1. The normalized spacial score (nSPS) is 15.2. The Labute approximate surface area is 116 Å². The van der Waals surface area contributed by atoms with Gasteiger partial charge in [0, 0.05) is 0 Å². The summed E-state index contributed by atoms with van der Waals surface area (Å²) in [6.45, 7) is 4.27. The maximum atomic E-state index is 3.34. The molecule has 0 aromatic carbocycles. The second-order valence-electron chi connectivity index (χ2n) is 2.99. The van der Waals surface area contributed by atoms with Crippen molar-refractivity contribution in [3.05, 3.63) is 47.6 Å². The summed E-state index contributed by atoms with van der Waals surface area (Å²) in [5.74, 6) is 0. The van der Waals surface area contributed by atoms with E-state index in [2.05, 4.69) is 42.4 Å². The molecule has 0 amide bonds. The Balaban J connectivity index is -0.000000169. The van der Waals surface area contributed by atoms with Gasteiger partial charge in [0.1, 0.15) is 0 Å². The molecule has 2 aliphatic carbocycles. The molecule has 0 aliphatic heterocycles. The number of hydrogen-bond acceptors (Lipinski definition) is 0. The quantitative estimate of drug-likeness (QED) is 0.595. The average Bonchev–Trinajstić information content (AvgIpc) is 2.86. The van der Waals surface area contributed by atoms with Gasteiger partial charge in [-0.1, -0.05) is 6.92 Å². The number of rotatable bonds is 0. The van der Waals surface area contributed by atoms with E-state index in [-0.39, 0.29) is 13.8 Å². The molecule has 15 heavy (non-hydrogen) atoms. The van der Waals surface area contributed by atoms with Crippen LogP contribution in [0, 0.1) is 12.2 Å². The van der Waals surface area contributed by atoms with Crippen LogP contribution in [-0.4, -0.2) is 4.21 Å². The molecule has 2 aliphatic rings. The molecule has 0 saturated heterocycles. The van der Waals surface area contributed by atoms with Gasteiger partial charge in [-0.25, -0.2) is 23.8 Å². The molecule has 0 unspecified atom stereocenters. The van der Waals surface area contributed by atoms with E-state index in [4.69, 9.17) is 0 Å². The summed E-state index contributed by atoms with van der Waals surface area (Å²) in [4.78, 5) is 0. The summed E-state index contributed by atoms with van der Waals surface area (Å²) in [5.41, 5.74) is 2.85. The van der Waals surface area contributed by atoms with E-state index < -0.39 is 0 Å². The Morgan fingerprint density at radius 3 is 2.13 bits per heavy atom. The summed E-state index contributed by atoms with van der Waals surface area (Å²) in [6, 6.07) is 0. The third-order valence-corrected chi connectivity index (χ3v) is 1.94. The molecule has 0 heterocycles. The van der Waals surface area contributed by atoms with E-state index in [0.29, 0.717) is 0 Å². The van der Waals surface area contributed by atoms with E-state index in [1.54, 1.807) is 0 Å².